The molecule has 2 aromatic carbocycles. The van der Waals surface area contributed by atoms with Gasteiger partial charge in [0.1, 0.15) is 0 Å². The lowest BCUT2D eigenvalue weighted by Gasteiger charge is -2.33. The number of para-hydroxylation sites is 1. The van der Waals surface area contributed by atoms with Crippen molar-refractivity contribution in [3.63, 3.8) is 0 Å². The minimum atomic E-state index is -0.872. The quantitative estimate of drug-likeness (QED) is 0.712. The average molecular weight is 380 g/mol. The minimum absolute atomic E-state index is 0.122. The van der Waals surface area contributed by atoms with E-state index in [0.717, 1.165) is 19.3 Å². The molecule has 3 N–H and O–H groups in total. The second kappa shape index (κ2) is 8.69. The minimum Gasteiger partial charge on any atom is -0.481 e. The van der Waals surface area contributed by atoms with E-state index in [1.165, 1.54) is 0 Å². The van der Waals surface area contributed by atoms with Crippen molar-refractivity contribution < 1.29 is 19.5 Å². The Hall–Kier alpha value is -3.15. The molecule has 0 aliphatic heterocycles. The molecule has 0 saturated heterocycles. The summed E-state index contributed by atoms with van der Waals surface area (Å²) in [6.07, 6.45) is 3.94. The summed E-state index contributed by atoms with van der Waals surface area (Å²) in [5.41, 5.74) is 0.659. The van der Waals surface area contributed by atoms with E-state index in [2.05, 4.69) is 10.6 Å². The summed E-state index contributed by atoms with van der Waals surface area (Å²) >= 11 is 0. The lowest BCUT2D eigenvalue weighted by Crippen LogP contribution is -2.44. The standard InChI is InChI=1S/C22H24N2O4/c25-19(23-15-22(21(27)28)13-5-2-6-14-22)16-9-11-17(12-10-16)20(26)24-18-7-3-1-4-8-18/h1,3-4,7-12H,2,5-6,13-15H2,(H,23,25)(H,24,26)(H,27,28). The Labute approximate surface area is 164 Å². The molecule has 2 amide bonds. The van der Waals surface area contributed by atoms with E-state index < -0.39 is 11.4 Å². The Morgan fingerprint density at radius 3 is 1.96 bits per heavy atom. The van der Waals surface area contributed by atoms with Gasteiger partial charge >= 0.3 is 5.97 Å². The topological polar surface area (TPSA) is 95.5 Å². The predicted octanol–water partition coefficient (Wildman–Crippen LogP) is 3.70. The Morgan fingerprint density at radius 1 is 0.821 bits per heavy atom. The monoisotopic (exact) mass is 380 g/mol. The van der Waals surface area contributed by atoms with Gasteiger partial charge in [0.15, 0.2) is 0 Å². The first-order chi connectivity index (χ1) is 13.5. The zero-order chi connectivity index (χ0) is 20.0. The van der Waals surface area contributed by atoms with Crippen LogP contribution in [0, 0.1) is 5.41 Å². The number of carbonyl (C=O) groups is 3. The third kappa shape index (κ3) is 4.57. The molecular weight excluding hydrogens is 356 g/mol. The number of amides is 2. The van der Waals surface area contributed by atoms with Crippen LogP contribution >= 0.6 is 0 Å². The second-order valence-electron chi connectivity index (χ2n) is 7.23. The van der Waals surface area contributed by atoms with Crippen molar-refractivity contribution in [1.29, 1.82) is 0 Å². The largest absolute Gasteiger partial charge is 0.481 e. The Morgan fingerprint density at radius 2 is 1.39 bits per heavy atom. The van der Waals surface area contributed by atoms with Crippen LogP contribution in [-0.4, -0.2) is 29.4 Å². The number of aliphatic carboxylic acids is 1. The molecule has 1 aliphatic carbocycles. The fraction of sp³-hybridized carbons (Fsp3) is 0.318. The van der Waals surface area contributed by atoms with E-state index in [-0.39, 0.29) is 18.4 Å². The number of hydrogen-bond acceptors (Lipinski definition) is 3. The maximum Gasteiger partial charge on any atom is 0.311 e. The van der Waals surface area contributed by atoms with Gasteiger partial charge in [-0.05, 0) is 49.2 Å². The molecule has 1 saturated carbocycles. The smallest absolute Gasteiger partial charge is 0.311 e. The molecule has 0 radical (unpaired) electrons. The van der Waals surface area contributed by atoms with Crippen molar-refractivity contribution in [1.82, 2.24) is 5.32 Å². The number of nitrogens with one attached hydrogen (secondary N) is 2. The molecule has 6 nitrogen and oxygen atoms in total. The number of carboxylic acids is 1. The second-order valence-corrected chi connectivity index (χ2v) is 7.23. The van der Waals surface area contributed by atoms with Gasteiger partial charge in [-0.1, -0.05) is 37.5 Å². The molecule has 0 atom stereocenters. The highest BCUT2D eigenvalue weighted by Gasteiger charge is 2.39. The average Bonchev–Trinajstić information content (AvgIpc) is 2.73. The van der Waals surface area contributed by atoms with E-state index in [0.29, 0.717) is 29.7 Å². The first kappa shape index (κ1) is 19.6. The molecule has 28 heavy (non-hydrogen) atoms. The highest BCUT2D eigenvalue weighted by molar-refractivity contribution is 6.05. The number of carbonyl (C=O) groups excluding carboxylic acids is 2. The van der Waals surface area contributed by atoms with Crippen LogP contribution in [0.5, 0.6) is 0 Å². The van der Waals surface area contributed by atoms with Crippen LogP contribution in [0.15, 0.2) is 54.6 Å². The molecule has 1 aliphatic rings. The third-order valence-corrected chi connectivity index (χ3v) is 5.29. The third-order valence-electron chi connectivity index (χ3n) is 5.29. The Balaban J connectivity index is 1.60. The van der Waals surface area contributed by atoms with Crippen molar-refractivity contribution >= 4 is 23.5 Å². The number of benzene rings is 2. The fourth-order valence-electron chi connectivity index (χ4n) is 3.54. The van der Waals surface area contributed by atoms with Gasteiger partial charge in [-0.15, -0.1) is 0 Å². The first-order valence-corrected chi connectivity index (χ1v) is 9.48. The summed E-state index contributed by atoms with van der Waals surface area (Å²) < 4.78 is 0. The van der Waals surface area contributed by atoms with Crippen molar-refractivity contribution in [2.45, 2.75) is 32.1 Å². The molecule has 1 fully saturated rings. The summed E-state index contributed by atoms with van der Waals surface area (Å²) in [5.74, 6) is -1.44. The van der Waals surface area contributed by atoms with E-state index >= 15 is 0 Å². The summed E-state index contributed by atoms with van der Waals surface area (Å²) in [6.45, 7) is 0.122. The first-order valence-electron chi connectivity index (χ1n) is 9.48. The van der Waals surface area contributed by atoms with Crippen molar-refractivity contribution in [3.8, 4) is 0 Å². The molecule has 0 unspecified atom stereocenters. The fourth-order valence-corrected chi connectivity index (χ4v) is 3.54. The SMILES string of the molecule is O=C(NCC1(C(=O)O)CCCCC1)c1ccc(C(=O)Nc2ccccc2)cc1. The molecule has 0 heterocycles. The Bertz CT molecular complexity index is 841. The van der Waals surface area contributed by atoms with Crippen LogP contribution < -0.4 is 10.6 Å². The van der Waals surface area contributed by atoms with Crippen LogP contribution in [-0.2, 0) is 4.79 Å². The van der Waals surface area contributed by atoms with Gasteiger partial charge in [-0.3, -0.25) is 14.4 Å². The van der Waals surface area contributed by atoms with Crippen molar-refractivity contribution in [2.75, 3.05) is 11.9 Å². The van der Waals surface area contributed by atoms with Gasteiger partial charge < -0.3 is 15.7 Å². The molecule has 146 valence electrons. The summed E-state index contributed by atoms with van der Waals surface area (Å²) in [6, 6.07) is 15.4. The van der Waals surface area contributed by atoms with E-state index in [1.807, 2.05) is 18.2 Å². The van der Waals surface area contributed by atoms with Crippen LogP contribution in [0.25, 0.3) is 0 Å². The van der Waals surface area contributed by atoms with Gasteiger partial charge in [0.2, 0.25) is 0 Å². The van der Waals surface area contributed by atoms with Crippen LogP contribution in [0.2, 0.25) is 0 Å². The van der Waals surface area contributed by atoms with Gasteiger partial charge in [0.05, 0.1) is 5.41 Å². The van der Waals surface area contributed by atoms with Crippen LogP contribution in [0.1, 0.15) is 52.8 Å². The van der Waals surface area contributed by atoms with Crippen molar-refractivity contribution in [3.05, 3.63) is 65.7 Å². The van der Waals surface area contributed by atoms with E-state index in [9.17, 15) is 19.5 Å². The summed E-state index contributed by atoms with van der Waals surface area (Å²) in [7, 11) is 0. The van der Waals surface area contributed by atoms with Gasteiger partial charge in [-0.25, -0.2) is 0 Å². The number of hydrogen-bond donors (Lipinski definition) is 3. The summed E-state index contributed by atoms with van der Waals surface area (Å²) in [4.78, 5) is 36.4. The molecule has 2 aromatic rings. The zero-order valence-electron chi connectivity index (χ0n) is 15.6. The maximum absolute atomic E-state index is 12.4. The number of rotatable bonds is 6. The van der Waals surface area contributed by atoms with Crippen LogP contribution in [0.3, 0.4) is 0 Å². The van der Waals surface area contributed by atoms with E-state index in [4.69, 9.17) is 0 Å². The molecular formula is C22H24N2O4. The molecule has 0 aromatic heterocycles. The zero-order valence-corrected chi connectivity index (χ0v) is 15.6. The van der Waals surface area contributed by atoms with Gasteiger partial charge in [0, 0.05) is 23.4 Å². The lowest BCUT2D eigenvalue weighted by atomic mass is 9.74. The molecule has 3 rings (SSSR count). The highest BCUT2D eigenvalue weighted by Crippen LogP contribution is 2.36. The molecule has 0 spiro atoms. The normalized spacial score (nSPS) is 15.4. The van der Waals surface area contributed by atoms with Gasteiger partial charge in [0.25, 0.3) is 11.8 Å². The highest BCUT2D eigenvalue weighted by atomic mass is 16.4. The van der Waals surface area contributed by atoms with Gasteiger partial charge in [-0.2, -0.15) is 0 Å². The molecule has 0 bridgehead atoms. The van der Waals surface area contributed by atoms with Crippen LogP contribution in [0.4, 0.5) is 5.69 Å². The van der Waals surface area contributed by atoms with E-state index in [1.54, 1.807) is 36.4 Å². The number of anilines is 1. The predicted molar refractivity (Wildman–Crippen MR) is 106 cm³/mol. The summed E-state index contributed by atoms with van der Waals surface area (Å²) in [5, 5.41) is 15.1. The Kier molecular flexibility index (Phi) is 6.09. The number of carboxylic acid groups (broad SMARTS) is 1. The maximum atomic E-state index is 12.4. The lowest BCUT2D eigenvalue weighted by molar-refractivity contribution is -0.150. The molecule has 6 heteroatoms. The van der Waals surface area contributed by atoms with Crippen molar-refractivity contribution in [2.24, 2.45) is 5.41 Å².